The summed E-state index contributed by atoms with van der Waals surface area (Å²) in [7, 11) is 0. The number of rotatable bonds is 3. The van der Waals surface area contributed by atoms with Gasteiger partial charge in [-0.05, 0) is 32.0 Å². The minimum Gasteiger partial charge on any atom is -0.441 e. The molecule has 0 aliphatic carbocycles. The van der Waals surface area contributed by atoms with Crippen molar-refractivity contribution >= 4 is 21.8 Å². The van der Waals surface area contributed by atoms with E-state index in [0.29, 0.717) is 37.1 Å². The van der Waals surface area contributed by atoms with Gasteiger partial charge in [-0.2, -0.15) is 0 Å². The number of ether oxygens (including phenoxy) is 1. The maximum atomic E-state index is 12.5. The van der Waals surface area contributed by atoms with Gasteiger partial charge in [-0.15, -0.1) is 0 Å². The van der Waals surface area contributed by atoms with Crippen LogP contribution < -0.4 is 0 Å². The van der Waals surface area contributed by atoms with Crippen molar-refractivity contribution < 1.29 is 13.9 Å². The lowest BCUT2D eigenvalue weighted by molar-refractivity contribution is -0.138. The number of hydrogen-bond acceptors (Lipinski definition) is 4. The van der Waals surface area contributed by atoms with E-state index in [4.69, 9.17) is 9.15 Å². The third-order valence-corrected chi connectivity index (χ3v) is 4.46. The first-order valence-corrected chi connectivity index (χ1v) is 8.43. The minimum absolute atomic E-state index is 0.0676. The molecule has 2 heterocycles. The summed E-state index contributed by atoms with van der Waals surface area (Å²) in [6.07, 6.45) is 0.258. The number of nitrogens with zero attached hydrogens (tertiary/aromatic N) is 2. The van der Waals surface area contributed by atoms with Crippen molar-refractivity contribution in [1.82, 2.24) is 9.88 Å². The van der Waals surface area contributed by atoms with E-state index in [-0.39, 0.29) is 18.4 Å². The number of hydrogen-bond donors (Lipinski definition) is 0. The Balaban J connectivity index is 1.77. The van der Waals surface area contributed by atoms with Gasteiger partial charge < -0.3 is 14.1 Å². The minimum atomic E-state index is 0.0676. The fraction of sp³-hybridized carbons (Fsp3) is 0.412. The van der Waals surface area contributed by atoms with Crippen molar-refractivity contribution in [3.63, 3.8) is 0 Å². The molecule has 1 unspecified atom stereocenters. The highest BCUT2D eigenvalue weighted by Crippen LogP contribution is 2.25. The fourth-order valence-electron chi connectivity index (χ4n) is 2.68. The van der Waals surface area contributed by atoms with Gasteiger partial charge >= 0.3 is 0 Å². The Morgan fingerprint density at radius 3 is 3.04 bits per heavy atom. The van der Waals surface area contributed by atoms with Crippen LogP contribution in [0.25, 0.3) is 11.5 Å². The van der Waals surface area contributed by atoms with Crippen molar-refractivity contribution in [2.75, 3.05) is 19.8 Å². The van der Waals surface area contributed by atoms with Crippen LogP contribution in [0.3, 0.4) is 0 Å². The SMILES string of the molecule is Cc1oc(-c2cccc(Br)c2)nc1CC(=O)N1CCOCC1C. The van der Waals surface area contributed by atoms with Crippen LogP contribution in [-0.2, 0) is 16.0 Å². The zero-order chi connectivity index (χ0) is 16.4. The topological polar surface area (TPSA) is 55.6 Å². The van der Waals surface area contributed by atoms with E-state index < -0.39 is 0 Å². The first kappa shape index (κ1) is 16.2. The van der Waals surface area contributed by atoms with Crippen LogP contribution in [0.1, 0.15) is 18.4 Å². The van der Waals surface area contributed by atoms with Gasteiger partial charge in [0.05, 0.1) is 31.4 Å². The smallest absolute Gasteiger partial charge is 0.229 e. The molecular weight excluding hydrogens is 360 g/mol. The summed E-state index contributed by atoms with van der Waals surface area (Å²) >= 11 is 3.44. The second-order valence-electron chi connectivity index (χ2n) is 5.72. The standard InChI is InChI=1S/C17H19BrN2O3/c1-11-10-22-7-6-20(11)16(21)9-15-12(2)23-17(19-15)13-4-3-5-14(18)8-13/h3-5,8,11H,6-7,9-10H2,1-2H3. The lowest BCUT2D eigenvalue weighted by atomic mass is 10.2. The molecule has 1 aliphatic rings. The molecule has 122 valence electrons. The molecule has 5 nitrogen and oxygen atoms in total. The lowest BCUT2D eigenvalue weighted by Crippen LogP contribution is -2.47. The van der Waals surface area contributed by atoms with Crippen molar-refractivity contribution in [3.8, 4) is 11.5 Å². The largest absolute Gasteiger partial charge is 0.441 e. The Morgan fingerprint density at radius 1 is 1.48 bits per heavy atom. The normalized spacial score (nSPS) is 18.2. The number of halogens is 1. The van der Waals surface area contributed by atoms with Gasteiger partial charge in [0, 0.05) is 16.6 Å². The number of aromatic nitrogens is 1. The van der Waals surface area contributed by atoms with Crippen LogP contribution >= 0.6 is 15.9 Å². The summed E-state index contributed by atoms with van der Waals surface area (Å²) in [4.78, 5) is 18.9. The predicted octanol–water partition coefficient (Wildman–Crippen LogP) is 3.20. The monoisotopic (exact) mass is 378 g/mol. The van der Waals surface area contributed by atoms with Gasteiger partial charge in [-0.25, -0.2) is 4.98 Å². The molecule has 3 rings (SSSR count). The van der Waals surface area contributed by atoms with E-state index in [1.54, 1.807) is 0 Å². The van der Waals surface area contributed by atoms with Gasteiger partial charge in [-0.3, -0.25) is 4.79 Å². The maximum Gasteiger partial charge on any atom is 0.229 e. The van der Waals surface area contributed by atoms with E-state index in [0.717, 1.165) is 10.0 Å². The number of benzene rings is 1. The summed E-state index contributed by atoms with van der Waals surface area (Å²) in [5.41, 5.74) is 1.59. The van der Waals surface area contributed by atoms with Gasteiger partial charge in [0.1, 0.15) is 5.76 Å². The molecular formula is C17H19BrN2O3. The molecule has 0 radical (unpaired) electrons. The fourth-order valence-corrected chi connectivity index (χ4v) is 3.08. The Bertz CT molecular complexity index is 714. The average Bonchev–Trinajstić information content (AvgIpc) is 2.89. The second-order valence-corrected chi connectivity index (χ2v) is 6.64. The number of amides is 1. The van der Waals surface area contributed by atoms with Crippen LogP contribution in [0.15, 0.2) is 33.2 Å². The molecule has 1 aromatic heterocycles. The van der Waals surface area contributed by atoms with Crippen molar-refractivity contribution in [2.45, 2.75) is 26.3 Å². The van der Waals surface area contributed by atoms with Crippen LogP contribution in [-0.4, -0.2) is 41.6 Å². The molecule has 2 aromatic rings. The summed E-state index contributed by atoms with van der Waals surface area (Å²) in [5, 5.41) is 0. The molecule has 1 fully saturated rings. The molecule has 23 heavy (non-hydrogen) atoms. The van der Waals surface area contributed by atoms with E-state index in [9.17, 15) is 4.79 Å². The molecule has 1 saturated heterocycles. The average molecular weight is 379 g/mol. The number of carbonyl (C=O) groups excluding carboxylic acids is 1. The highest BCUT2D eigenvalue weighted by Gasteiger charge is 2.25. The predicted molar refractivity (Wildman–Crippen MR) is 90.1 cm³/mol. The van der Waals surface area contributed by atoms with Crippen molar-refractivity contribution in [1.29, 1.82) is 0 Å². The highest BCUT2D eigenvalue weighted by atomic mass is 79.9. The summed E-state index contributed by atoms with van der Waals surface area (Å²) < 4.78 is 12.1. The van der Waals surface area contributed by atoms with Crippen molar-refractivity contribution in [2.24, 2.45) is 0 Å². The Labute approximate surface area is 143 Å². The molecule has 1 atom stereocenters. The molecule has 0 spiro atoms. The Hall–Kier alpha value is -1.66. The molecule has 0 saturated carbocycles. The van der Waals surface area contributed by atoms with Crippen LogP contribution in [0.4, 0.5) is 0 Å². The van der Waals surface area contributed by atoms with Crippen molar-refractivity contribution in [3.05, 3.63) is 40.2 Å². The van der Waals surface area contributed by atoms with E-state index in [2.05, 4.69) is 20.9 Å². The van der Waals surface area contributed by atoms with E-state index >= 15 is 0 Å². The first-order chi connectivity index (χ1) is 11.0. The molecule has 0 N–H and O–H groups in total. The quantitative estimate of drug-likeness (QED) is 0.822. The number of aryl methyl sites for hydroxylation is 1. The highest BCUT2D eigenvalue weighted by molar-refractivity contribution is 9.10. The number of oxazole rings is 1. The molecule has 1 aromatic carbocycles. The third-order valence-electron chi connectivity index (χ3n) is 3.97. The zero-order valence-corrected chi connectivity index (χ0v) is 14.8. The van der Waals surface area contributed by atoms with Gasteiger partial charge in [0.2, 0.25) is 11.8 Å². The molecule has 1 aliphatic heterocycles. The summed E-state index contributed by atoms with van der Waals surface area (Å²) in [5.74, 6) is 1.30. The molecule has 6 heteroatoms. The van der Waals surface area contributed by atoms with E-state index in [1.807, 2.05) is 43.0 Å². The molecule has 1 amide bonds. The number of carbonyl (C=O) groups is 1. The third kappa shape index (κ3) is 3.64. The summed E-state index contributed by atoms with van der Waals surface area (Å²) in [6, 6.07) is 7.86. The lowest BCUT2D eigenvalue weighted by Gasteiger charge is -2.33. The Kier molecular flexibility index (Phi) is 4.82. The van der Waals surface area contributed by atoms with Crippen LogP contribution in [0.5, 0.6) is 0 Å². The maximum absolute atomic E-state index is 12.5. The van der Waals surface area contributed by atoms with Gasteiger partial charge in [0.25, 0.3) is 0 Å². The second kappa shape index (κ2) is 6.84. The first-order valence-electron chi connectivity index (χ1n) is 7.64. The van der Waals surface area contributed by atoms with Gasteiger partial charge in [-0.1, -0.05) is 22.0 Å². The van der Waals surface area contributed by atoms with E-state index in [1.165, 1.54) is 0 Å². The number of morpholine rings is 1. The van der Waals surface area contributed by atoms with Gasteiger partial charge in [0.15, 0.2) is 0 Å². The Morgan fingerprint density at radius 2 is 2.30 bits per heavy atom. The molecule has 0 bridgehead atoms. The van der Waals surface area contributed by atoms with Crippen LogP contribution in [0, 0.1) is 6.92 Å². The van der Waals surface area contributed by atoms with Crippen LogP contribution in [0.2, 0.25) is 0 Å². The summed E-state index contributed by atoms with van der Waals surface area (Å²) in [6.45, 7) is 5.67. The zero-order valence-electron chi connectivity index (χ0n) is 13.2.